The van der Waals surface area contributed by atoms with Crippen molar-refractivity contribution in [1.82, 2.24) is 0 Å². The fourth-order valence-corrected chi connectivity index (χ4v) is 3.90. The minimum atomic E-state index is -0.283. The Labute approximate surface area is 198 Å². The molecule has 0 fully saturated rings. The van der Waals surface area contributed by atoms with Gasteiger partial charge in [0, 0.05) is 17.8 Å². The highest BCUT2D eigenvalue weighted by Gasteiger charge is 2.28. The average molecular weight is 443 g/mol. The Kier molecular flexibility index (Phi) is 8.71. The lowest BCUT2D eigenvalue weighted by Gasteiger charge is -2.40. The van der Waals surface area contributed by atoms with Gasteiger partial charge in [-0.1, -0.05) is 69.8 Å². The molecule has 0 aliphatic carbocycles. The zero-order valence-electron chi connectivity index (χ0n) is 20.0. The molecule has 0 amide bonds. The molecule has 0 saturated carbocycles. The third-order valence-electron chi connectivity index (χ3n) is 5.57. The zero-order chi connectivity index (χ0) is 23.6. The van der Waals surface area contributed by atoms with Crippen molar-refractivity contribution < 1.29 is 9.53 Å². The van der Waals surface area contributed by atoms with E-state index in [1.165, 1.54) is 11.4 Å². The molecule has 3 aromatic carbocycles. The van der Waals surface area contributed by atoms with Crippen LogP contribution in [0.3, 0.4) is 0 Å². The van der Waals surface area contributed by atoms with Crippen LogP contribution >= 0.6 is 0 Å². The second kappa shape index (κ2) is 11.9. The van der Waals surface area contributed by atoms with Gasteiger partial charge in [-0.05, 0) is 55.7 Å². The van der Waals surface area contributed by atoms with E-state index in [0.717, 1.165) is 36.4 Å². The average Bonchev–Trinajstić information content (AvgIpc) is 2.89. The summed E-state index contributed by atoms with van der Waals surface area (Å²) in [6.07, 6.45) is 2.35. The molecule has 0 radical (unpaired) electrons. The SMILES string of the molecule is C=C(CC)C(=O)OCCCCN1c2ccccc2N(c2ccccc2)c2ccccc21.CC. The van der Waals surface area contributed by atoms with E-state index in [-0.39, 0.29) is 5.97 Å². The Morgan fingerprint density at radius 3 is 1.85 bits per heavy atom. The van der Waals surface area contributed by atoms with Gasteiger partial charge in [0.15, 0.2) is 0 Å². The van der Waals surface area contributed by atoms with Crippen molar-refractivity contribution in [3.63, 3.8) is 0 Å². The maximum atomic E-state index is 11.8. The molecule has 3 aromatic rings. The summed E-state index contributed by atoms with van der Waals surface area (Å²) >= 11 is 0. The van der Waals surface area contributed by atoms with E-state index in [4.69, 9.17) is 4.74 Å². The van der Waals surface area contributed by atoms with Crippen molar-refractivity contribution in [3.05, 3.63) is 91.0 Å². The van der Waals surface area contributed by atoms with E-state index in [1.807, 2.05) is 26.8 Å². The standard InChI is InChI=1S/C27H28N2O2.C2H6/c1-3-21(2)27(30)31-20-12-11-19-28-23-15-7-9-17-25(23)29(22-13-5-4-6-14-22)26-18-10-8-16-24(26)28;1-2/h4-10,13-18H,2-3,11-12,19-20H2,1H3;1-2H3. The van der Waals surface area contributed by atoms with Gasteiger partial charge in [-0.2, -0.15) is 0 Å². The molecule has 4 nitrogen and oxygen atoms in total. The van der Waals surface area contributed by atoms with E-state index >= 15 is 0 Å². The van der Waals surface area contributed by atoms with Gasteiger partial charge in [-0.15, -0.1) is 0 Å². The molecular weight excluding hydrogens is 408 g/mol. The summed E-state index contributed by atoms with van der Waals surface area (Å²) in [6, 6.07) is 27.5. The Bertz CT molecular complexity index is 1010. The van der Waals surface area contributed by atoms with Crippen LogP contribution in [-0.4, -0.2) is 19.1 Å². The lowest BCUT2D eigenvalue weighted by atomic mass is 10.1. The number of carbonyl (C=O) groups is 1. The summed E-state index contributed by atoms with van der Waals surface area (Å²) in [5.41, 5.74) is 6.36. The maximum Gasteiger partial charge on any atom is 0.333 e. The van der Waals surface area contributed by atoms with Crippen LogP contribution in [0, 0.1) is 0 Å². The Morgan fingerprint density at radius 2 is 1.30 bits per heavy atom. The van der Waals surface area contributed by atoms with Gasteiger partial charge in [-0.3, -0.25) is 0 Å². The molecule has 172 valence electrons. The van der Waals surface area contributed by atoms with Crippen LogP contribution in [-0.2, 0) is 9.53 Å². The van der Waals surface area contributed by atoms with E-state index in [1.54, 1.807) is 0 Å². The number of ether oxygens (including phenoxy) is 1. The van der Waals surface area contributed by atoms with Crippen LogP contribution in [0.1, 0.15) is 40.0 Å². The molecule has 0 aromatic heterocycles. The number of hydrogen-bond acceptors (Lipinski definition) is 4. The van der Waals surface area contributed by atoms with Crippen molar-refractivity contribution in [3.8, 4) is 0 Å². The van der Waals surface area contributed by atoms with Crippen molar-refractivity contribution >= 4 is 34.4 Å². The molecule has 0 unspecified atom stereocenters. The third-order valence-corrected chi connectivity index (χ3v) is 5.57. The van der Waals surface area contributed by atoms with Crippen molar-refractivity contribution in [1.29, 1.82) is 0 Å². The van der Waals surface area contributed by atoms with Gasteiger partial charge >= 0.3 is 5.97 Å². The molecule has 1 heterocycles. The van der Waals surface area contributed by atoms with E-state index in [2.05, 4.69) is 89.2 Å². The molecule has 4 rings (SSSR count). The van der Waals surface area contributed by atoms with Crippen LogP contribution in [0.15, 0.2) is 91.0 Å². The minimum absolute atomic E-state index is 0.283. The molecule has 0 bridgehead atoms. The third kappa shape index (κ3) is 5.46. The molecule has 4 heteroatoms. The fourth-order valence-electron chi connectivity index (χ4n) is 3.90. The first-order valence-electron chi connectivity index (χ1n) is 11.9. The van der Waals surface area contributed by atoms with Crippen LogP contribution in [0.5, 0.6) is 0 Å². The number of benzene rings is 3. The number of fused-ring (bicyclic) bond motifs is 2. The van der Waals surface area contributed by atoms with Crippen LogP contribution in [0.25, 0.3) is 0 Å². The molecule has 33 heavy (non-hydrogen) atoms. The van der Waals surface area contributed by atoms with Gasteiger partial charge in [0.2, 0.25) is 0 Å². The lowest BCUT2D eigenvalue weighted by Crippen LogP contribution is -2.28. The summed E-state index contributed by atoms with van der Waals surface area (Å²) in [5.74, 6) is -0.283. The topological polar surface area (TPSA) is 32.8 Å². The second-order valence-corrected chi connectivity index (χ2v) is 7.60. The number of hydrogen-bond donors (Lipinski definition) is 0. The second-order valence-electron chi connectivity index (χ2n) is 7.60. The quantitative estimate of drug-likeness (QED) is 0.201. The minimum Gasteiger partial charge on any atom is -0.462 e. The maximum absolute atomic E-state index is 11.8. The Hall–Kier alpha value is -3.53. The highest BCUT2D eigenvalue weighted by atomic mass is 16.5. The number of anilines is 5. The molecule has 1 aliphatic rings. The molecule has 0 atom stereocenters. The summed E-state index contributed by atoms with van der Waals surface area (Å²) in [6.45, 7) is 10.9. The number of esters is 1. The molecule has 1 aliphatic heterocycles. The normalized spacial score (nSPS) is 11.6. The highest BCUT2D eigenvalue weighted by Crippen LogP contribution is 2.50. The monoisotopic (exact) mass is 442 g/mol. The summed E-state index contributed by atoms with van der Waals surface area (Å²) in [4.78, 5) is 16.5. The number of para-hydroxylation sites is 5. The van der Waals surface area contributed by atoms with Crippen LogP contribution in [0.4, 0.5) is 28.4 Å². The van der Waals surface area contributed by atoms with Crippen LogP contribution in [0.2, 0.25) is 0 Å². The van der Waals surface area contributed by atoms with Gasteiger partial charge in [-0.25, -0.2) is 4.79 Å². The lowest BCUT2D eigenvalue weighted by molar-refractivity contribution is -0.139. The predicted molar refractivity (Wildman–Crippen MR) is 139 cm³/mol. The molecule has 0 saturated heterocycles. The smallest absolute Gasteiger partial charge is 0.333 e. The summed E-state index contributed by atoms with van der Waals surface area (Å²) in [5, 5.41) is 0. The Morgan fingerprint density at radius 1 is 0.788 bits per heavy atom. The highest BCUT2D eigenvalue weighted by molar-refractivity contribution is 5.97. The first kappa shape index (κ1) is 24.1. The molecule has 0 N–H and O–H groups in total. The van der Waals surface area contributed by atoms with E-state index in [9.17, 15) is 4.79 Å². The largest absolute Gasteiger partial charge is 0.462 e. The van der Waals surface area contributed by atoms with Gasteiger partial charge in [0.1, 0.15) is 0 Å². The van der Waals surface area contributed by atoms with Crippen molar-refractivity contribution in [2.45, 2.75) is 40.0 Å². The van der Waals surface area contributed by atoms with E-state index < -0.39 is 0 Å². The predicted octanol–water partition coefficient (Wildman–Crippen LogP) is 7.92. The number of nitrogens with zero attached hydrogens (tertiary/aromatic N) is 2. The number of rotatable bonds is 8. The van der Waals surface area contributed by atoms with Crippen molar-refractivity contribution in [2.75, 3.05) is 23.0 Å². The van der Waals surface area contributed by atoms with Gasteiger partial charge < -0.3 is 14.5 Å². The summed E-state index contributed by atoms with van der Waals surface area (Å²) in [7, 11) is 0. The van der Waals surface area contributed by atoms with E-state index in [0.29, 0.717) is 18.6 Å². The first-order valence-corrected chi connectivity index (χ1v) is 11.9. The zero-order valence-corrected chi connectivity index (χ0v) is 20.0. The number of unbranched alkanes of at least 4 members (excludes halogenated alkanes) is 1. The Balaban J connectivity index is 0.00000149. The molecular formula is C29H34N2O2. The molecule has 0 spiro atoms. The van der Waals surface area contributed by atoms with Gasteiger partial charge in [0.05, 0.1) is 29.4 Å². The van der Waals surface area contributed by atoms with Crippen LogP contribution < -0.4 is 9.80 Å². The summed E-state index contributed by atoms with van der Waals surface area (Å²) < 4.78 is 5.33. The number of carbonyl (C=O) groups excluding carboxylic acids is 1. The first-order chi connectivity index (χ1) is 16.2. The van der Waals surface area contributed by atoms with Crippen molar-refractivity contribution in [2.24, 2.45) is 0 Å². The fraction of sp³-hybridized carbons (Fsp3) is 0.276. The van der Waals surface area contributed by atoms with Gasteiger partial charge in [0.25, 0.3) is 0 Å².